The summed E-state index contributed by atoms with van der Waals surface area (Å²) < 4.78 is 0. The van der Waals surface area contributed by atoms with Crippen molar-refractivity contribution in [1.82, 2.24) is 0 Å². The molecule has 0 heterocycles. The summed E-state index contributed by atoms with van der Waals surface area (Å²) in [6, 6.07) is 4.48. The third-order valence-corrected chi connectivity index (χ3v) is 7.83. The number of aromatic carboxylic acids is 2. The second kappa shape index (κ2) is 13.3. The molecule has 4 nitrogen and oxygen atoms in total. The molecule has 0 fully saturated rings. The lowest BCUT2D eigenvalue weighted by Gasteiger charge is -2.25. The normalized spacial score (nSPS) is 11.5. The Balaban J connectivity index is 2.72. The average Bonchev–Trinajstić information content (AvgIpc) is 2.88. The Morgan fingerprint density at radius 3 is 0.947 bits per heavy atom. The summed E-state index contributed by atoms with van der Waals surface area (Å²) in [5, 5.41) is 24.9. The van der Waals surface area contributed by atoms with Gasteiger partial charge in [0.05, 0.1) is 11.1 Å². The Labute approximate surface area is 228 Å². The molecular formula is C34H46O4. The summed E-state index contributed by atoms with van der Waals surface area (Å²) in [6.45, 7) is 13.0. The van der Waals surface area contributed by atoms with Crippen molar-refractivity contribution in [2.24, 2.45) is 0 Å². The molecule has 0 aliphatic rings. The first kappa shape index (κ1) is 29.7. The van der Waals surface area contributed by atoms with Crippen LogP contribution in [0.5, 0.6) is 0 Å². The molecule has 0 aliphatic carbocycles. The van der Waals surface area contributed by atoms with E-state index in [2.05, 4.69) is 39.8 Å². The van der Waals surface area contributed by atoms with Crippen LogP contribution in [0.25, 0.3) is 21.5 Å². The molecule has 0 unspecified atom stereocenters. The minimum Gasteiger partial charge on any atom is -0.478 e. The van der Waals surface area contributed by atoms with E-state index in [1.807, 2.05) is 13.8 Å². The SMILES string of the molecule is CCCc1c(CCC)c(CCC)c2cc3c(CCC)c(C(=O)O)c(C(=O)O)c(CCC)c3cc2c1CCC. The van der Waals surface area contributed by atoms with Gasteiger partial charge in [-0.2, -0.15) is 0 Å². The predicted molar refractivity (Wildman–Crippen MR) is 159 cm³/mol. The van der Waals surface area contributed by atoms with Gasteiger partial charge in [-0.3, -0.25) is 0 Å². The molecule has 0 saturated heterocycles. The highest BCUT2D eigenvalue weighted by Gasteiger charge is 2.28. The topological polar surface area (TPSA) is 74.6 Å². The van der Waals surface area contributed by atoms with Gasteiger partial charge in [-0.25, -0.2) is 9.59 Å². The molecule has 3 rings (SSSR count). The van der Waals surface area contributed by atoms with Gasteiger partial charge in [0.25, 0.3) is 0 Å². The van der Waals surface area contributed by atoms with E-state index >= 15 is 0 Å². The lowest BCUT2D eigenvalue weighted by atomic mass is 9.79. The maximum atomic E-state index is 12.6. The van der Waals surface area contributed by atoms with Gasteiger partial charge in [0.1, 0.15) is 0 Å². The van der Waals surface area contributed by atoms with Crippen molar-refractivity contribution in [3.63, 3.8) is 0 Å². The van der Waals surface area contributed by atoms with E-state index in [1.54, 1.807) is 0 Å². The summed E-state index contributed by atoms with van der Waals surface area (Å²) in [5.41, 5.74) is 7.12. The van der Waals surface area contributed by atoms with Crippen LogP contribution < -0.4 is 0 Å². The smallest absolute Gasteiger partial charge is 0.336 e. The van der Waals surface area contributed by atoms with E-state index in [1.165, 1.54) is 33.0 Å². The first-order valence-corrected chi connectivity index (χ1v) is 14.9. The van der Waals surface area contributed by atoms with E-state index in [0.29, 0.717) is 24.0 Å². The van der Waals surface area contributed by atoms with Gasteiger partial charge in [0.2, 0.25) is 0 Å². The zero-order chi connectivity index (χ0) is 28.0. The maximum absolute atomic E-state index is 12.6. The van der Waals surface area contributed by atoms with E-state index in [4.69, 9.17) is 0 Å². The van der Waals surface area contributed by atoms with Crippen molar-refractivity contribution >= 4 is 33.5 Å². The van der Waals surface area contributed by atoms with E-state index in [-0.39, 0.29) is 11.1 Å². The number of aryl methyl sites for hydroxylation is 4. The lowest BCUT2D eigenvalue weighted by Crippen LogP contribution is -2.16. The Morgan fingerprint density at radius 2 is 0.684 bits per heavy atom. The standard InChI is InChI=1S/C34H46O4/c1-7-13-21-22(14-8-2)24(16-10-4)28-20-30-26(18-12-6)32(34(37)38)31(33(35)36)25(17-11-5)29(30)19-27(28)23(21)15-9-3/h19-20H,7-18H2,1-6H3,(H,35,36)(H,37,38). The molecule has 0 aromatic heterocycles. The number of hydrogen-bond donors (Lipinski definition) is 2. The van der Waals surface area contributed by atoms with Gasteiger partial charge in [-0.15, -0.1) is 0 Å². The monoisotopic (exact) mass is 518 g/mol. The van der Waals surface area contributed by atoms with Gasteiger partial charge in [0.15, 0.2) is 0 Å². The fourth-order valence-corrected chi connectivity index (χ4v) is 6.52. The zero-order valence-corrected chi connectivity index (χ0v) is 24.4. The molecule has 3 aromatic carbocycles. The molecule has 0 spiro atoms. The van der Waals surface area contributed by atoms with E-state index in [0.717, 1.165) is 75.0 Å². The van der Waals surface area contributed by atoms with Crippen LogP contribution in [-0.4, -0.2) is 22.2 Å². The summed E-state index contributed by atoms with van der Waals surface area (Å²) in [5.74, 6) is -2.29. The highest BCUT2D eigenvalue weighted by atomic mass is 16.4. The van der Waals surface area contributed by atoms with Gasteiger partial charge >= 0.3 is 11.9 Å². The quantitative estimate of drug-likeness (QED) is 0.209. The number of hydrogen-bond acceptors (Lipinski definition) is 2. The number of carbonyl (C=O) groups is 2. The fraction of sp³-hybridized carbons (Fsp3) is 0.529. The Kier molecular flexibility index (Phi) is 10.4. The van der Waals surface area contributed by atoms with Crippen molar-refractivity contribution < 1.29 is 19.8 Å². The summed E-state index contributed by atoms with van der Waals surface area (Å²) in [6.07, 6.45) is 10.9. The van der Waals surface area contributed by atoms with Crippen molar-refractivity contribution in [3.05, 3.63) is 56.6 Å². The van der Waals surface area contributed by atoms with Crippen LogP contribution in [0.15, 0.2) is 12.1 Å². The molecule has 3 aromatic rings. The molecule has 0 saturated carbocycles. The largest absolute Gasteiger partial charge is 0.478 e. The van der Waals surface area contributed by atoms with Crippen LogP contribution >= 0.6 is 0 Å². The minimum absolute atomic E-state index is 0.0168. The number of carboxylic acids is 2. The van der Waals surface area contributed by atoms with Crippen LogP contribution in [0.3, 0.4) is 0 Å². The predicted octanol–water partition coefficient (Wildman–Crippen LogP) is 9.10. The van der Waals surface area contributed by atoms with Crippen LogP contribution in [0.4, 0.5) is 0 Å². The molecular weight excluding hydrogens is 472 g/mol. The maximum Gasteiger partial charge on any atom is 0.336 e. The van der Waals surface area contributed by atoms with Crippen molar-refractivity contribution in [3.8, 4) is 0 Å². The summed E-state index contributed by atoms with van der Waals surface area (Å²) in [4.78, 5) is 25.2. The van der Waals surface area contributed by atoms with Crippen LogP contribution in [0.1, 0.15) is 134 Å². The Hall–Kier alpha value is -2.88. The molecule has 206 valence electrons. The molecule has 0 aliphatic heterocycles. The van der Waals surface area contributed by atoms with E-state index in [9.17, 15) is 19.8 Å². The first-order chi connectivity index (χ1) is 18.3. The van der Waals surface area contributed by atoms with E-state index < -0.39 is 11.9 Å². The molecule has 38 heavy (non-hydrogen) atoms. The van der Waals surface area contributed by atoms with Gasteiger partial charge in [0, 0.05) is 0 Å². The van der Waals surface area contributed by atoms with Gasteiger partial charge in [-0.1, -0.05) is 80.1 Å². The highest BCUT2D eigenvalue weighted by Crippen LogP contribution is 2.41. The molecule has 0 atom stereocenters. The summed E-state index contributed by atoms with van der Waals surface area (Å²) in [7, 11) is 0. The molecule has 4 heteroatoms. The van der Waals surface area contributed by atoms with Crippen molar-refractivity contribution in [2.45, 2.75) is 119 Å². The van der Waals surface area contributed by atoms with Gasteiger partial charge in [-0.05, 0) is 106 Å². The molecule has 0 radical (unpaired) electrons. The highest BCUT2D eigenvalue weighted by molar-refractivity contribution is 6.13. The minimum atomic E-state index is -1.14. The second-order valence-electron chi connectivity index (χ2n) is 10.7. The van der Waals surface area contributed by atoms with Crippen LogP contribution in [-0.2, 0) is 38.5 Å². The average molecular weight is 519 g/mol. The first-order valence-electron chi connectivity index (χ1n) is 14.9. The number of rotatable bonds is 14. The summed E-state index contributed by atoms with van der Waals surface area (Å²) >= 11 is 0. The van der Waals surface area contributed by atoms with Gasteiger partial charge < -0.3 is 10.2 Å². The lowest BCUT2D eigenvalue weighted by molar-refractivity contribution is 0.0650. The number of carboxylic acid groups (broad SMARTS) is 2. The fourth-order valence-electron chi connectivity index (χ4n) is 6.52. The second-order valence-corrected chi connectivity index (χ2v) is 10.7. The van der Waals surface area contributed by atoms with Crippen LogP contribution in [0.2, 0.25) is 0 Å². The van der Waals surface area contributed by atoms with Crippen LogP contribution in [0, 0.1) is 0 Å². The molecule has 2 N–H and O–H groups in total. The number of fused-ring (bicyclic) bond motifs is 2. The third kappa shape index (κ3) is 5.46. The third-order valence-electron chi connectivity index (χ3n) is 7.83. The Bertz CT molecular complexity index is 1230. The zero-order valence-electron chi connectivity index (χ0n) is 24.4. The Morgan fingerprint density at radius 1 is 0.447 bits per heavy atom. The number of benzene rings is 3. The molecule has 0 bridgehead atoms. The van der Waals surface area contributed by atoms with Crippen molar-refractivity contribution in [1.29, 1.82) is 0 Å². The van der Waals surface area contributed by atoms with Crippen molar-refractivity contribution in [2.75, 3.05) is 0 Å². The molecule has 0 amide bonds.